The zero-order valence-corrected chi connectivity index (χ0v) is 21.6. The lowest BCUT2D eigenvalue weighted by Crippen LogP contribution is -2.58. The number of nitrogens with two attached hydrogens (primary N) is 1. The lowest BCUT2D eigenvalue weighted by atomic mass is 9.98. The Morgan fingerprint density at radius 2 is 1.41 bits per heavy atom. The third-order valence-electron chi connectivity index (χ3n) is 6.09. The molecule has 0 radical (unpaired) electrons. The number of aliphatic carboxylic acids is 2. The van der Waals surface area contributed by atoms with E-state index in [1.54, 1.807) is 39.8 Å². The largest absolute Gasteiger partial charge is 0.508 e. The predicted octanol–water partition coefficient (Wildman–Crippen LogP) is 0.368. The van der Waals surface area contributed by atoms with Crippen molar-refractivity contribution in [3.8, 4) is 5.75 Å². The average molecular weight is 523 g/mol. The molecule has 0 fully saturated rings. The van der Waals surface area contributed by atoms with Crippen LogP contribution in [0, 0.1) is 11.8 Å². The fraction of sp³-hybridized carbons (Fsp3) is 0.560. The van der Waals surface area contributed by atoms with Gasteiger partial charge in [-0.3, -0.25) is 19.2 Å². The van der Waals surface area contributed by atoms with Crippen molar-refractivity contribution in [3.63, 3.8) is 0 Å². The lowest BCUT2D eigenvalue weighted by molar-refractivity contribution is -0.144. The summed E-state index contributed by atoms with van der Waals surface area (Å²) in [5.74, 6) is -5.32. The fourth-order valence-electron chi connectivity index (χ4n) is 3.39. The van der Waals surface area contributed by atoms with E-state index in [1.807, 2.05) is 0 Å². The van der Waals surface area contributed by atoms with E-state index in [2.05, 4.69) is 16.0 Å². The summed E-state index contributed by atoms with van der Waals surface area (Å²) >= 11 is 0. The Labute approximate surface area is 216 Å². The molecule has 12 nitrogen and oxygen atoms in total. The minimum absolute atomic E-state index is 0.00955. The first-order valence-electron chi connectivity index (χ1n) is 12.2. The van der Waals surface area contributed by atoms with Crippen molar-refractivity contribution in [1.82, 2.24) is 16.0 Å². The number of hydrogen-bond donors (Lipinski definition) is 7. The van der Waals surface area contributed by atoms with Crippen LogP contribution in [0.1, 0.15) is 52.5 Å². The SMILES string of the molecule is CCC(C)C(NC(=O)C(CCC(=O)O)NC(=O)C(Cc1ccc(O)cc1)NC(=O)C(N)C(C)C)C(=O)O. The van der Waals surface area contributed by atoms with Crippen molar-refractivity contribution >= 4 is 29.7 Å². The normalized spacial score (nSPS) is 15.1. The van der Waals surface area contributed by atoms with Crippen molar-refractivity contribution in [2.24, 2.45) is 17.6 Å². The van der Waals surface area contributed by atoms with Crippen molar-refractivity contribution in [2.45, 2.75) is 77.5 Å². The highest BCUT2D eigenvalue weighted by Gasteiger charge is 2.32. The number of rotatable bonds is 15. The molecule has 0 aliphatic rings. The molecule has 1 aromatic carbocycles. The Morgan fingerprint density at radius 3 is 1.89 bits per heavy atom. The molecule has 0 bridgehead atoms. The summed E-state index contributed by atoms with van der Waals surface area (Å²) < 4.78 is 0. The number of hydrogen-bond acceptors (Lipinski definition) is 7. The molecule has 0 saturated carbocycles. The molecule has 5 unspecified atom stereocenters. The number of carboxylic acids is 2. The number of carboxylic acid groups (broad SMARTS) is 2. The summed E-state index contributed by atoms with van der Waals surface area (Å²) in [6, 6.07) is 1.24. The first-order valence-corrected chi connectivity index (χ1v) is 12.2. The second kappa shape index (κ2) is 14.8. The molecule has 3 amide bonds. The van der Waals surface area contributed by atoms with Gasteiger partial charge in [0.05, 0.1) is 6.04 Å². The smallest absolute Gasteiger partial charge is 0.326 e. The van der Waals surface area contributed by atoms with Crippen LogP contribution in [0.5, 0.6) is 5.75 Å². The van der Waals surface area contributed by atoms with E-state index in [0.717, 1.165) is 0 Å². The van der Waals surface area contributed by atoms with Crippen molar-refractivity contribution < 1.29 is 39.3 Å². The lowest BCUT2D eigenvalue weighted by Gasteiger charge is -2.27. The fourth-order valence-corrected chi connectivity index (χ4v) is 3.39. The first kappa shape index (κ1) is 31.4. The number of carbonyl (C=O) groups excluding carboxylic acids is 3. The Balaban J connectivity index is 3.19. The summed E-state index contributed by atoms with van der Waals surface area (Å²) in [5.41, 5.74) is 6.50. The van der Waals surface area contributed by atoms with Crippen LogP contribution in [0.15, 0.2) is 24.3 Å². The van der Waals surface area contributed by atoms with Gasteiger partial charge in [-0.05, 0) is 36.0 Å². The van der Waals surface area contributed by atoms with E-state index in [1.165, 1.54) is 12.1 Å². The molecule has 0 aliphatic carbocycles. The first-order chi connectivity index (χ1) is 17.3. The van der Waals surface area contributed by atoms with E-state index < -0.39 is 66.2 Å². The van der Waals surface area contributed by atoms with E-state index in [-0.39, 0.29) is 24.5 Å². The highest BCUT2D eigenvalue weighted by atomic mass is 16.4. The monoisotopic (exact) mass is 522 g/mol. The van der Waals surface area contributed by atoms with Crippen LogP contribution in [-0.4, -0.2) is 69.1 Å². The van der Waals surface area contributed by atoms with Gasteiger partial charge < -0.3 is 37.0 Å². The molecular formula is C25H38N4O8. The molecule has 0 spiro atoms. The van der Waals surface area contributed by atoms with Crippen LogP contribution in [-0.2, 0) is 30.4 Å². The van der Waals surface area contributed by atoms with Crippen LogP contribution in [0.4, 0.5) is 0 Å². The average Bonchev–Trinajstić information content (AvgIpc) is 2.84. The van der Waals surface area contributed by atoms with Gasteiger partial charge in [-0.25, -0.2) is 4.79 Å². The van der Waals surface area contributed by atoms with Gasteiger partial charge in [0.1, 0.15) is 23.9 Å². The topological polar surface area (TPSA) is 208 Å². The number of carbonyl (C=O) groups is 5. The summed E-state index contributed by atoms with van der Waals surface area (Å²) in [4.78, 5) is 61.6. The molecule has 0 saturated heterocycles. The maximum absolute atomic E-state index is 13.3. The minimum atomic E-state index is -1.37. The maximum atomic E-state index is 13.3. The molecule has 12 heteroatoms. The van der Waals surface area contributed by atoms with E-state index in [4.69, 9.17) is 10.8 Å². The highest BCUT2D eigenvalue weighted by Crippen LogP contribution is 2.13. The number of phenolic OH excluding ortho intramolecular Hbond substituents is 1. The zero-order valence-electron chi connectivity index (χ0n) is 21.6. The Morgan fingerprint density at radius 1 is 0.865 bits per heavy atom. The van der Waals surface area contributed by atoms with Crippen LogP contribution in [0.25, 0.3) is 0 Å². The molecule has 1 rings (SSSR count). The Bertz CT molecular complexity index is 951. The molecule has 0 heterocycles. The summed E-state index contributed by atoms with van der Waals surface area (Å²) in [6.45, 7) is 6.88. The maximum Gasteiger partial charge on any atom is 0.326 e. The highest BCUT2D eigenvalue weighted by molar-refractivity contribution is 5.94. The van der Waals surface area contributed by atoms with Gasteiger partial charge in [0.15, 0.2) is 0 Å². The van der Waals surface area contributed by atoms with Gasteiger partial charge in [-0.2, -0.15) is 0 Å². The molecule has 8 N–H and O–H groups in total. The van der Waals surface area contributed by atoms with Crippen LogP contribution >= 0.6 is 0 Å². The van der Waals surface area contributed by atoms with E-state index in [9.17, 15) is 34.2 Å². The minimum Gasteiger partial charge on any atom is -0.508 e. The van der Waals surface area contributed by atoms with Crippen molar-refractivity contribution in [2.75, 3.05) is 0 Å². The third-order valence-corrected chi connectivity index (χ3v) is 6.09. The number of aromatic hydroxyl groups is 1. The standard InChI is InChI=1S/C25H38N4O8/c1-5-14(4)21(25(36)37)29-22(33)17(10-11-19(31)32)27-23(34)18(28-24(35)20(26)13(2)3)12-15-6-8-16(30)9-7-15/h6-9,13-14,17-18,20-21,30H,5,10-12,26H2,1-4H3,(H,27,34)(H,28,35)(H,29,33)(H,31,32)(H,36,37). The molecule has 206 valence electrons. The van der Waals surface area contributed by atoms with Gasteiger partial charge >= 0.3 is 11.9 Å². The van der Waals surface area contributed by atoms with Gasteiger partial charge in [0.25, 0.3) is 0 Å². The molecule has 5 atom stereocenters. The zero-order chi connectivity index (χ0) is 28.3. The molecule has 0 aromatic heterocycles. The van der Waals surface area contributed by atoms with Gasteiger partial charge in [0, 0.05) is 12.8 Å². The number of nitrogens with one attached hydrogen (secondary N) is 3. The predicted molar refractivity (Wildman–Crippen MR) is 134 cm³/mol. The van der Waals surface area contributed by atoms with E-state index >= 15 is 0 Å². The van der Waals surface area contributed by atoms with Crippen LogP contribution in [0.3, 0.4) is 0 Å². The molecule has 37 heavy (non-hydrogen) atoms. The second-order valence-corrected chi connectivity index (χ2v) is 9.41. The van der Waals surface area contributed by atoms with E-state index in [0.29, 0.717) is 12.0 Å². The number of phenols is 1. The summed E-state index contributed by atoms with van der Waals surface area (Å²) in [5, 5.41) is 35.6. The quantitative estimate of drug-likeness (QED) is 0.169. The summed E-state index contributed by atoms with van der Waals surface area (Å²) in [7, 11) is 0. The number of benzene rings is 1. The molecule has 0 aliphatic heterocycles. The molecule has 1 aromatic rings. The van der Waals surface area contributed by atoms with Gasteiger partial charge in [-0.15, -0.1) is 0 Å². The van der Waals surface area contributed by atoms with Gasteiger partial charge in [-0.1, -0.05) is 46.2 Å². The van der Waals surface area contributed by atoms with Crippen molar-refractivity contribution in [3.05, 3.63) is 29.8 Å². The second-order valence-electron chi connectivity index (χ2n) is 9.41. The summed E-state index contributed by atoms with van der Waals surface area (Å²) in [6.07, 6.45) is -0.321. The Kier molecular flexibility index (Phi) is 12.5. The van der Waals surface area contributed by atoms with Crippen molar-refractivity contribution in [1.29, 1.82) is 0 Å². The van der Waals surface area contributed by atoms with Gasteiger partial charge in [0.2, 0.25) is 17.7 Å². The Hall–Kier alpha value is -3.67. The third kappa shape index (κ3) is 10.5. The van der Waals surface area contributed by atoms with Crippen LogP contribution < -0.4 is 21.7 Å². The number of amides is 3. The molecular weight excluding hydrogens is 484 g/mol. The van der Waals surface area contributed by atoms with Crippen LogP contribution in [0.2, 0.25) is 0 Å².